The Morgan fingerprint density at radius 1 is 1.08 bits per heavy atom. The van der Waals surface area contributed by atoms with Crippen molar-refractivity contribution in [3.8, 4) is 0 Å². The van der Waals surface area contributed by atoms with Gasteiger partial charge in [0, 0.05) is 44.0 Å². The second-order valence-corrected chi connectivity index (χ2v) is 6.77. The minimum absolute atomic E-state index is 0.191. The fraction of sp³-hybridized carbons (Fsp3) is 0.474. The van der Waals surface area contributed by atoms with Crippen LogP contribution in [-0.4, -0.2) is 55.4 Å². The molecule has 7 heteroatoms. The van der Waals surface area contributed by atoms with Gasteiger partial charge in [0.2, 0.25) is 0 Å². The van der Waals surface area contributed by atoms with Gasteiger partial charge in [0.25, 0.3) is 0 Å². The van der Waals surface area contributed by atoms with Gasteiger partial charge in [0.15, 0.2) is 0 Å². The fourth-order valence-electron chi connectivity index (χ4n) is 3.60. The number of nitrogens with one attached hydrogen (secondary N) is 1. The Bertz CT molecular complexity index is 737. The molecule has 2 fully saturated rings. The summed E-state index contributed by atoms with van der Waals surface area (Å²) in [5.74, 6) is 1.58. The number of ether oxygens (including phenoxy) is 1. The van der Waals surface area contributed by atoms with Gasteiger partial charge in [-0.15, -0.1) is 0 Å². The van der Waals surface area contributed by atoms with Crippen LogP contribution in [-0.2, 0) is 4.74 Å². The zero-order chi connectivity index (χ0) is 17.8. The highest BCUT2D eigenvalue weighted by Gasteiger charge is 2.21. The normalized spacial score (nSPS) is 20.9. The molecule has 0 amide bonds. The highest BCUT2D eigenvalue weighted by Crippen LogP contribution is 2.23. The van der Waals surface area contributed by atoms with Crippen LogP contribution in [0.25, 0.3) is 0 Å². The van der Waals surface area contributed by atoms with Gasteiger partial charge in [-0.05, 0) is 31.0 Å². The Hall–Kier alpha value is -2.41. The van der Waals surface area contributed by atoms with E-state index in [1.807, 2.05) is 12.1 Å². The van der Waals surface area contributed by atoms with Gasteiger partial charge in [0.1, 0.15) is 23.8 Å². The highest BCUT2D eigenvalue weighted by molar-refractivity contribution is 5.51. The van der Waals surface area contributed by atoms with Crippen molar-refractivity contribution >= 4 is 17.3 Å². The third-order valence-corrected chi connectivity index (χ3v) is 4.93. The van der Waals surface area contributed by atoms with E-state index in [1.165, 1.54) is 6.07 Å². The summed E-state index contributed by atoms with van der Waals surface area (Å²) < 4.78 is 18.9. The summed E-state index contributed by atoms with van der Waals surface area (Å²) in [6, 6.07) is 9.10. The van der Waals surface area contributed by atoms with Gasteiger partial charge < -0.3 is 19.9 Å². The van der Waals surface area contributed by atoms with Crippen LogP contribution < -0.4 is 15.1 Å². The summed E-state index contributed by atoms with van der Waals surface area (Å²) in [6.07, 6.45) is 3.75. The van der Waals surface area contributed by atoms with Crippen LogP contribution in [0.5, 0.6) is 0 Å². The van der Waals surface area contributed by atoms with E-state index in [2.05, 4.69) is 25.1 Å². The van der Waals surface area contributed by atoms with Crippen molar-refractivity contribution in [2.75, 3.05) is 54.5 Å². The smallest absolute Gasteiger partial charge is 0.134 e. The topological polar surface area (TPSA) is 53.5 Å². The molecule has 1 N–H and O–H groups in total. The molecule has 4 rings (SSSR count). The molecule has 2 saturated heterocycles. The second kappa shape index (κ2) is 7.86. The van der Waals surface area contributed by atoms with Crippen LogP contribution in [0.15, 0.2) is 36.7 Å². The number of halogens is 1. The van der Waals surface area contributed by atoms with E-state index in [0.717, 1.165) is 69.6 Å². The van der Waals surface area contributed by atoms with E-state index >= 15 is 0 Å². The Kier molecular flexibility index (Phi) is 5.15. The molecule has 0 saturated carbocycles. The first-order chi connectivity index (χ1) is 12.8. The molecule has 2 aliphatic rings. The van der Waals surface area contributed by atoms with Crippen LogP contribution in [0.1, 0.15) is 12.8 Å². The number of anilines is 3. The number of benzene rings is 1. The number of morpholine rings is 1. The van der Waals surface area contributed by atoms with Crippen LogP contribution in [0.2, 0.25) is 0 Å². The predicted molar refractivity (Wildman–Crippen MR) is 100 cm³/mol. The summed E-state index contributed by atoms with van der Waals surface area (Å²) in [4.78, 5) is 13.2. The first-order valence-corrected chi connectivity index (χ1v) is 9.20. The van der Waals surface area contributed by atoms with Gasteiger partial charge in [-0.1, -0.05) is 6.07 Å². The third-order valence-electron chi connectivity index (χ3n) is 4.93. The summed E-state index contributed by atoms with van der Waals surface area (Å²) in [5, 5.41) is 3.53. The van der Waals surface area contributed by atoms with Gasteiger partial charge in [-0.25, -0.2) is 14.4 Å². The molecule has 1 atom stereocenters. The zero-order valence-corrected chi connectivity index (χ0v) is 14.8. The minimum Gasteiger partial charge on any atom is -0.378 e. The van der Waals surface area contributed by atoms with E-state index in [0.29, 0.717) is 0 Å². The fourth-order valence-corrected chi connectivity index (χ4v) is 3.60. The monoisotopic (exact) mass is 357 g/mol. The molecule has 0 spiro atoms. The van der Waals surface area contributed by atoms with Crippen LogP contribution in [0.4, 0.5) is 21.7 Å². The number of rotatable bonds is 4. The molecule has 6 nitrogen and oxygen atoms in total. The number of hydrogen-bond donors (Lipinski definition) is 1. The Balaban J connectivity index is 1.42. The molecular formula is C19H24FN5O. The molecule has 138 valence electrons. The molecule has 0 aliphatic carbocycles. The third kappa shape index (κ3) is 4.04. The van der Waals surface area contributed by atoms with Crippen molar-refractivity contribution in [1.29, 1.82) is 0 Å². The molecule has 0 unspecified atom stereocenters. The van der Waals surface area contributed by atoms with E-state index < -0.39 is 0 Å². The summed E-state index contributed by atoms with van der Waals surface area (Å²) in [7, 11) is 0. The molecule has 0 radical (unpaired) electrons. The predicted octanol–water partition coefficient (Wildman–Crippen LogP) is 2.53. The first-order valence-electron chi connectivity index (χ1n) is 9.20. The zero-order valence-electron chi connectivity index (χ0n) is 14.8. The van der Waals surface area contributed by atoms with Crippen molar-refractivity contribution in [3.63, 3.8) is 0 Å². The lowest BCUT2D eigenvalue weighted by molar-refractivity contribution is 0.122. The van der Waals surface area contributed by atoms with E-state index in [-0.39, 0.29) is 11.9 Å². The number of nitrogens with zero attached hydrogens (tertiary/aromatic N) is 4. The molecular weight excluding hydrogens is 333 g/mol. The van der Waals surface area contributed by atoms with E-state index in [1.54, 1.807) is 18.5 Å². The van der Waals surface area contributed by atoms with Crippen molar-refractivity contribution in [2.24, 2.45) is 0 Å². The second-order valence-electron chi connectivity index (χ2n) is 6.77. The Labute approximate surface area is 153 Å². The van der Waals surface area contributed by atoms with Crippen molar-refractivity contribution in [2.45, 2.75) is 18.9 Å². The average Bonchev–Trinajstić information content (AvgIpc) is 2.69. The molecule has 2 aromatic rings. The quantitative estimate of drug-likeness (QED) is 0.908. The van der Waals surface area contributed by atoms with E-state index in [9.17, 15) is 4.39 Å². The lowest BCUT2D eigenvalue weighted by Crippen LogP contribution is -2.42. The molecule has 26 heavy (non-hydrogen) atoms. The summed E-state index contributed by atoms with van der Waals surface area (Å²) >= 11 is 0. The molecule has 2 aliphatic heterocycles. The number of hydrogen-bond acceptors (Lipinski definition) is 6. The molecule has 1 aromatic carbocycles. The molecule has 0 bridgehead atoms. The maximum absolute atomic E-state index is 13.5. The van der Waals surface area contributed by atoms with Gasteiger partial charge in [0.05, 0.1) is 13.2 Å². The van der Waals surface area contributed by atoms with Crippen LogP contribution >= 0.6 is 0 Å². The first kappa shape index (κ1) is 17.0. The van der Waals surface area contributed by atoms with Gasteiger partial charge in [-0.3, -0.25) is 0 Å². The SMILES string of the molecule is Fc1cccc(N2CCC[C@@H](Nc3cc(N4CCOCC4)ncn3)C2)c1. The number of aromatic nitrogens is 2. The van der Waals surface area contributed by atoms with Crippen LogP contribution in [0.3, 0.4) is 0 Å². The molecule has 1 aromatic heterocycles. The largest absolute Gasteiger partial charge is 0.378 e. The Morgan fingerprint density at radius 3 is 2.81 bits per heavy atom. The maximum atomic E-state index is 13.5. The average molecular weight is 357 g/mol. The van der Waals surface area contributed by atoms with Crippen molar-refractivity contribution < 1.29 is 9.13 Å². The summed E-state index contributed by atoms with van der Waals surface area (Å²) in [6.45, 7) is 4.96. The standard InChI is InChI=1S/C19H24FN5O/c20-15-3-1-5-17(11-15)25-6-2-4-16(13-25)23-18-12-19(22-14-21-18)24-7-9-26-10-8-24/h1,3,5,11-12,14,16H,2,4,6-10,13H2,(H,21,22,23)/t16-/m1/s1. The van der Waals surface area contributed by atoms with Gasteiger partial charge >= 0.3 is 0 Å². The van der Waals surface area contributed by atoms with Gasteiger partial charge in [-0.2, -0.15) is 0 Å². The lowest BCUT2D eigenvalue weighted by atomic mass is 10.0. The number of piperidine rings is 1. The van der Waals surface area contributed by atoms with E-state index in [4.69, 9.17) is 4.74 Å². The maximum Gasteiger partial charge on any atom is 0.134 e. The van der Waals surface area contributed by atoms with Crippen molar-refractivity contribution in [1.82, 2.24) is 9.97 Å². The minimum atomic E-state index is -0.191. The summed E-state index contributed by atoms with van der Waals surface area (Å²) in [5.41, 5.74) is 0.938. The highest BCUT2D eigenvalue weighted by atomic mass is 19.1. The van der Waals surface area contributed by atoms with Crippen LogP contribution in [0, 0.1) is 5.82 Å². The molecule has 3 heterocycles. The Morgan fingerprint density at radius 2 is 1.96 bits per heavy atom. The van der Waals surface area contributed by atoms with Crippen molar-refractivity contribution in [3.05, 3.63) is 42.5 Å². The lowest BCUT2D eigenvalue weighted by Gasteiger charge is -2.35.